The van der Waals surface area contributed by atoms with Crippen LogP contribution >= 0.6 is 22.9 Å². The van der Waals surface area contributed by atoms with Crippen molar-refractivity contribution in [1.82, 2.24) is 10.2 Å². The second kappa shape index (κ2) is 3.42. The summed E-state index contributed by atoms with van der Waals surface area (Å²) in [5.41, 5.74) is 0. The standard InChI is InChI=1S/C12H15ClN2S/c13-4-3-8-14-15-12(16-8)11-9-6-1-2-7(5-6)10(9)11/h6-7,9-11H,1-5H2. The summed E-state index contributed by atoms with van der Waals surface area (Å²) in [7, 11) is 0. The summed E-state index contributed by atoms with van der Waals surface area (Å²) in [6.07, 6.45) is 5.36. The third-order valence-electron chi connectivity index (χ3n) is 4.81. The SMILES string of the molecule is ClCCc1nnc(C2C3C4CCC(C4)C23)s1. The zero-order valence-electron chi connectivity index (χ0n) is 9.10. The molecule has 0 aliphatic heterocycles. The van der Waals surface area contributed by atoms with Crippen molar-refractivity contribution >= 4 is 22.9 Å². The van der Waals surface area contributed by atoms with Gasteiger partial charge in [-0.1, -0.05) is 0 Å². The zero-order valence-corrected chi connectivity index (χ0v) is 10.7. The van der Waals surface area contributed by atoms with E-state index in [9.17, 15) is 0 Å². The minimum Gasteiger partial charge on any atom is -0.144 e. The molecule has 3 aliphatic carbocycles. The molecule has 4 unspecified atom stereocenters. The van der Waals surface area contributed by atoms with Crippen molar-refractivity contribution < 1.29 is 0 Å². The van der Waals surface area contributed by atoms with Crippen molar-refractivity contribution in [2.24, 2.45) is 23.7 Å². The molecular formula is C12H15ClN2S. The van der Waals surface area contributed by atoms with Crippen molar-refractivity contribution in [3.63, 3.8) is 0 Å². The molecule has 4 rings (SSSR count). The fourth-order valence-electron chi connectivity index (χ4n) is 4.24. The van der Waals surface area contributed by atoms with Gasteiger partial charge in [0.15, 0.2) is 0 Å². The number of aryl methyl sites for hydroxylation is 1. The second-order valence-electron chi connectivity index (χ2n) is 5.49. The van der Waals surface area contributed by atoms with Crippen LogP contribution in [0.4, 0.5) is 0 Å². The van der Waals surface area contributed by atoms with Crippen LogP contribution in [0.2, 0.25) is 0 Å². The maximum Gasteiger partial charge on any atom is 0.121 e. The van der Waals surface area contributed by atoms with Crippen molar-refractivity contribution in [2.45, 2.75) is 31.6 Å². The van der Waals surface area contributed by atoms with E-state index in [2.05, 4.69) is 10.2 Å². The Morgan fingerprint density at radius 2 is 1.94 bits per heavy atom. The van der Waals surface area contributed by atoms with Crippen molar-refractivity contribution in [3.8, 4) is 0 Å². The molecule has 16 heavy (non-hydrogen) atoms. The molecule has 0 radical (unpaired) electrons. The van der Waals surface area contributed by atoms with E-state index >= 15 is 0 Å². The molecule has 0 N–H and O–H groups in total. The molecule has 2 nitrogen and oxygen atoms in total. The molecule has 3 aliphatic rings. The Balaban J connectivity index is 1.55. The fourth-order valence-corrected chi connectivity index (χ4v) is 5.59. The summed E-state index contributed by atoms with van der Waals surface area (Å²) in [5.74, 6) is 5.47. The van der Waals surface area contributed by atoms with E-state index in [0.717, 1.165) is 41.0 Å². The molecule has 1 aromatic rings. The van der Waals surface area contributed by atoms with Gasteiger partial charge in [0.1, 0.15) is 10.0 Å². The molecule has 86 valence electrons. The van der Waals surface area contributed by atoms with Gasteiger partial charge in [0.2, 0.25) is 0 Å². The Labute approximate surface area is 104 Å². The maximum absolute atomic E-state index is 5.73. The Bertz CT molecular complexity index is 403. The number of hydrogen-bond donors (Lipinski definition) is 0. The first-order chi connectivity index (χ1) is 7.88. The zero-order chi connectivity index (χ0) is 10.7. The van der Waals surface area contributed by atoms with Crippen LogP contribution in [0.25, 0.3) is 0 Å². The average Bonchev–Trinajstić information content (AvgIpc) is 2.73. The molecular weight excluding hydrogens is 240 g/mol. The van der Waals surface area contributed by atoms with Crippen LogP contribution in [0.15, 0.2) is 0 Å². The van der Waals surface area contributed by atoms with Crippen LogP contribution in [0.3, 0.4) is 0 Å². The van der Waals surface area contributed by atoms with Gasteiger partial charge in [-0.05, 0) is 42.9 Å². The van der Waals surface area contributed by atoms with E-state index in [0.29, 0.717) is 5.88 Å². The minimum absolute atomic E-state index is 0.664. The van der Waals surface area contributed by atoms with Gasteiger partial charge < -0.3 is 0 Å². The van der Waals surface area contributed by atoms with E-state index in [4.69, 9.17) is 11.6 Å². The number of halogens is 1. The average molecular weight is 255 g/mol. The van der Waals surface area contributed by atoms with Crippen molar-refractivity contribution in [2.75, 3.05) is 5.88 Å². The quantitative estimate of drug-likeness (QED) is 0.775. The normalized spacial score (nSPS) is 43.7. The Morgan fingerprint density at radius 3 is 2.62 bits per heavy atom. The maximum atomic E-state index is 5.73. The minimum atomic E-state index is 0.664. The molecule has 3 saturated carbocycles. The van der Waals surface area contributed by atoms with E-state index in [-0.39, 0.29) is 0 Å². The van der Waals surface area contributed by atoms with Gasteiger partial charge in [-0.3, -0.25) is 0 Å². The summed E-state index contributed by atoms with van der Waals surface area (Å²) >= 11 is 7.54. The van der Waals surface area contributed by atoms with Gasteiger partial charge in [-0.25, -0.2) is 0 Å². The summed E-state index contributed by atoms with van der Waals surface area (Å²) < 4.78 is 0. The number of nitrogens with zero attached hydrogens (tertiary/aromatic N) is 2. The van der Waals surface area contributed by atoms with Crippen LogP contribution in [-0.2, 0) is 6.42 Å². The first kappa shape index (κ1) is 9.84. The molecule has 3 fully saturated rings. The third-order valence-corrected chi connectivity index (χ3v) is 6.08. The first-order valence-corrected chi connectivity index (χ1v) is 7.62. The van der Waals surface area contributed by atoms with E-state index < -0.39 is 0 Å². The van der Waals surface area contributed by atoms with Gasteiger partial charge in [0.05, 0.1) is 0 Å². The molecule has 0 spiro atoms. The van der Waals surface area contributed by atoms with Crippen LogP contribution < -0.4 is 0 Å². The lowest BCUT2D eigenvalue weighted by atomic mass is 10.0. The van der Waals surface area contributed by atoms with Gasteiger partial charge in [-0.2, -0.15) is 0 Å². The molecule has 4 atom stereocenters. The van der Waals surface area contributed by atoms with Crippen LogP contribution in [0.1, 0.15) is 35.2 Å². The monoisotopic (exact) mass is 254 g/mol. The lowest BCUT2D eigenvalue weighted by molar-refractivity contribution is 0.456. The van der Waals surface area contributed by atoms with E-state index in [1.165, 1.54) is 24.3 Å². The second-order valence-corrected chi connectivity index (χ2v) is 6.96. The Hall–Kier alpha value is -0.150. The Morgan fingerprint density at radius 1 is 1.19 bits per heavy atom. The van der Waals surface area contributed by atoms with Gasteiger partial charge >= 0.3 is 0 Å². The molecule has 2 bridgehead atoms. The molecule has 4 heteroatoms. The smallest absolute Gasteiger partial charge is 0.121 e. The van der Waals surface area contributed by atoms with Crippen LogP contribution in [0.5, 0.6) is 0 Å². The number of hydrogen-bond acceptors (Lipinski definition) is 3. The highest BCUT2D eigenvalue weighted by Crippen LogP contribution is 2.73. The number of rotatable bonds is 3. The van der Waals surface area contributed by atoms with E-state index in [1.807, 2.05) is 11.3 Å². The topological polar surface area (TPSA) is 25.8 Å². The highest BCUT2D eigenvalue weighted by molar-refractivity contribution is 7.11. The highest BCUT2D eigenvalue weighted by Gasteiger charge is 2.66. The number of aromatic nitrogens is 2. The first-order valence-electron chi connectivity index (χ1n) is 6.26. The number of alkyl halides is 1. The predicted molar refractivity (Wildman–Crippen MR) is 64.9 cm³/mol. The van der Waals surface area contributed by atoms with Gasteiger partial charge in [0, 0.05) is 18.2 Å². The lowest BCUT2D eigenvalue weighted by Crippen LogP contribution is -1.96. The van der Waals surface area contributed by atoms with Gasteiger partial charge in [-0.15, -0.1) is 33.1 Å². The number of fused-ring (bicyclic) bond motifs is 5. The fraction of sp³-hybridized carbons (Fsp3) is 0.833. The van der Waals surface area contributed by atoms with Crippen LogP contribution in [0, 0.1) is 23.7 Å². The van der Waals surface area contributed by atoms with Crippen molar-refractivity contribution in [3.05, 3.63) is 10.0 Å². The highest BCUT2D eigenvalue weighted by atomic mass is 35.5. The summed E-state index contributed by atoms with van der Waals surface area (Å²) in [6.45, 7) is 0. The largest absolute Gasteiger partial charge is 0.144 e. The molecule has 1 heterocycles. The van der Waals surface area contributed by atoms with E-state index in [1.54, 1.807) is 0 Å². The Kier molecular flexibility index (Phi) is 2.10. The molecule has 0 aromatic carbocycles. The lowest BCUT2D eigenvalue weighted by Gasteiger charge is -2.04. The molecule has 1 aromatic heterocycles. The van der Waals surface area contributed by atoms with Gasteiger partial charge in [0.25, 0.3) is 0 Å². The predicted octanol–water partition coefficient (Wildman–Crippen LogP) is 3.08. The third kappa shape index (κ3) is 1.25. The summed E-state index contributed by atoms with van der Waals surface area (Å²) in [5, 5.41) is 11.1. The summed E-state index contributed by atoms with van der Waals surface area (Å²) in [6, 6.07) is 0. The van der Waals surface area contributed by atoms with Crippen molar-refractivity contribution in [1.29, 1.82) is 0 Å². The molecule has 0 amide bonds. The summed E-state index contributed by atoms with van der Waals surface area (Å²) in [4.78, 5) is 0. The van der Waals surface area contributed by atoms with Crippen LogP contribution in [-0.4, -0.2) is 16.1 Å². The molecule has 0 saturated heterocycles.